The van der Waals surface area contributed by atoms with E-state index in [0.29, 0.717) is 16.3 Å². The van der Waals surface area contributed by atoms with Crippen LogP contribution in [0.5, 0.6) is 5.75 Å². The van der Waals surface area contributed by atoms with Crippen LogP contribution < -0.4 is 10.6 Å². The summed E-state index contributed by atoms with van der Waals surface area (Å²) in [4.78, 5) is 26.9. The Labute approximate surface area is 174 Å². The van der Waals surface area contributed by atoms with E-state index in [1.807, 2.05) is 13.0 Å². The molecule has 0 bridgehead atoms. The molecule has 1 aromatic heterocycles. The topological polar surface area (TPSA) is 124 Å². The number of halogens is 1. The molecular formula is C20H23ClN4O4. The lowest BCUT2D eigenvalue weighted by molar-refractivity contribution is -0.114. The number of carbonyl (C=O) groups excluding carboxylic acids is 2. The minimum Gasteiger partial charge on any atom is -0.508 e. The van der Waals surface area contributed by atoms with Gasteiger partial charge in [0.1, 0.15) is 11.4 Å². The Bertz CT molecular complexity index is 913. The van der Waals surface area contributed by atoms with Gasteiger partial charge in [-0.15, -0.1) is 0 Å². The third-order valence-electron chi connectivity index (χ3n) is 3.09. The van der Waals surface area contributed by atoms with Crippen LogP contribution in [0.25, 0.3) is 0 Å². The van der Waals surface area contributed by atoms with Gasteiger partial charge in [-0.3, -0.25) is 10.1 Å². The van der Waals surface area contributed by atoms with Gasteiger partial charge in [-0.25, -0.2) is 9.78 Å². The van der Waals surface area contributed by atoms with Crippen molar-refractivity contribution in [2.75, 3.05) is 10.6 Å². The number of nitriles is 1. The molecule has 0 saturated carbocycles. The third-order valence-corrected chi connectivity index (χ3v) is 3.31. The Morgan fingerprint density at radius 1 is 1.24 bits per heavy atom. The van der Waals surface area contributed by atoms with E-state index in [4.69, 9.17) is 26.7 Å². The molecule has 2 amide bonds. The number of ether oxygens (including phenoxy) is 1. The van der Waals surface area contributed by atoms with Gasteiger partial charge in [0.15, 0.2) is 5.82 Å². The number of phenolic OH excluding ortho intramolecular Hbond substituents is 1. The zero-order valence-electron chi connectivity index (χ0n) is 16.8. The Hall–Kier alpha value is -3.31. The summed E-state index contributed by atoms with van der Waals surface area (Å²) in [5.41, 5.74) is 1.05. The first-order valence-corrected chi connectivity index (χ1v) is 8.92. The lowest BCUT2D eigenvalue weighted by atomic mass is 10.2. The molecule has 0 aliphatic rings. The number of aromatic hydroxyl groups is 1. The smallest absolute Gasteiger partial charge is 0.413 e. The van der Waals surface area contributed by atoms with Gasteiger partial charge in [0.05, 0.1) is 17.3 Å². The van der Waals surface area contributed by atoms with E-state index in [9.17, 15) is 9.59 Å². The Balaban J connectivity index is 0.000000352. The van der Waals surface area contributed by atoms with E-state index >= 15 is 0 Å². The molecule has 3 N–H and O–H groups in total. The van der Waals surface area contributed by atoms with Crippen molar-refractivity contribution in [3.05, 3.63) is 46.6 Å². The number of nitrogens with one attached hydrogen (secondary N) is 2. The number of amides is 2. The fourth-order valence-corrected chi connectivity index (χ4v) is 2.26. The summed E-state index contributed by atoms with van der Waals surface area (Å²) in [7, 11) is 0. The second-order valence-electron chi connectivity index (χ2n) is 6.97. The van der Waals surface area contributed by atoms with E-state index in [2.05, 4.69) is 15.6 Å². The predicted molar refractivity (Wildman–Crippen MR) is 111 cm³/mol. The number of carbonyl (C=O) groups is 2. The molecule has 9 heteroatoms. The Morgan fingerprint density at radius 2 is 1.90 bits per heavy atom. The summed E-state index contributed by atoms with van der Waals surface area (Å²) in [6.07, 6.45) is 0.935. The van der Waals surface area contributed by atoms with Crippen LogP contribution in [0.3, 0.4) is 0 Å². The number of hydrogen-bond acceptors (Lipinski definition) is 6. The van der Waals surface area contributed by atoms with E-state index in [1.54, 1.807) is 33.0 Å². The average molecular weight is 419 g/mol. The summed E-state index contributed by atoms with van der Waals surface area (Å²) in [5, 5.41) is 22.8. The predicted octanol–water partition coefficient (Wildman–Crippen LogP) is 4.61. The number of nitrogens with zero attached hydrogens (tertiary/aromatic N) is 2. The molecule has 0 radical (unpaired) electrons. The number of rotatable bonds is 2. The molecule has 8 nitrogen and oxygen atoms in total. The average Bonchev–Trinajstić information content (AvgIpc) is 2.55. The maximum Gasteiger partial charge on any atom is 0.413 e. The van der Waals surface area contributed by atoms with Gasteiger partial charge in [0.2, 0.25) is 5.91 Å². The van der Waals surface area contributed by atoms with Crippen molar-refractivity contribution in [3.8, 4) is 11.8 Å². The van der Waals surface area contributed by atoms with E-state index in [-0.39, 0.29) is 17.5 Å². The van der Waals surface area contributed by atoms with Gasteiger partial charge in [-0.2, -0.15) is 5.26 Å². The van der Waals surface area contributed by atoms with Crippen LogP contribution in [-0.2, 0) is 9.53 Å². The van der Waals surface area contributed by atoms with Crippen LogP contribution in [0.1, 0.15) is 38.8 Å². The van der Waals surface area contributed by atoms with Crippen LogP contribution in [0.2, 0.25) is 5.02 Å². The van der Waals surface area contributed by atoms with Crippen molar-refractivity contribution >= 4 is 35.1 Å². The number of hydrogen-bond donors (Lipinski definition) is 3. The highest BCUT2D eigenvalue weighted by Crippen LogP contribution is 2.23. The largest absolute Gasteiger partial charge is 0.508 e. The van der Waals surface area contributed by atoms with Crippen LogP contribution in [0.4, 0.5) is 16.3 Å². The molecule has 1 heterocycles. The zero-order chi connectivity index (χ0) is 22.2. The summed E-state index contributed by atoms with van der Waals surface area (Å²) >= 11 is 5.52. The lowest BCUT2D eigenvalue weighted by Crippen LogP contribution is -2.28. The maximum atomic E-state index is 11.7. The number of anilines is 2. The van der Waals surface area contributed by atoms with Crippen LogP contribution in [-0.4, -0.2) is 27.7 Å². The van der Waals surface area contributed by atoms with Crippen molar-refractivity contribution in [2.24, 2.45) is 0 Å². The van der Waals surface area contributed by atoms with Gasteiger partial charge >= 0.3 is 6.09 Å². The summed E-state index contributed by atoms with van der Waals surface area (Å²) in [6, 6.07) is 7.82. The molecule has 0 atom stereocenters. The van der Waals surface area contributed by atoms with E-state index in [0.717, 1.165) is 5.56 Å². The molecule has 0 saturated heterocycles. The number of aromatic nitrogens is 1. The minimum atomic E-state index is -0.614. The van der Waals surface area contributed by atoms with Gasteiger partial charge < -0.3 is 15.2 Å². The number of pyridine rings is 1. The second kappa shape index (κ2) is 10.3. The molecule has 0 spiro atoms. The van der Waals surface area contributed by atoms with Crippen LogP contribution >= 0.6 is 11.6 Å². The van der Waals surface area contributed by atoms with Crippen LogP contribution in [0, 0.1) is 18.3 Å². The first kappa shape index (κ1) is 23.7. The summed E-state index contributed by atoms with van der Waals surface area (Å²) in [6.45, 7) is 8.51. The fourth-order valence-electron chi connectivity index (χ4n) is 2.03. The molecule has 1 aromatic carbocycles. The molecule has 0 aliphatic heterocycles. The van der Waals surface area contributed by atoms with Gasteiger partial charge in [-0.05, 0) is 57.5 Å². The van der Waals surface area contributed by atoms with Crippen LogP contribution in [0.15, 0.2) is 30.5 Å². The first-order chi connectivity index (χ1) is 13.4. The van der Waals surface area contributed by atoms with Gasteiger partial charge in [-0.1, -0.05) is 11.6 Å². The fraction of sp³-hybridized carbons (Fsp3) is 0.300. The van der Waals surface area contributed by atoms with Crippen molar-refractivity contribution in [1.29, 1.82) is 5.26 Å². The zero-order valence-corrected chi connectivity index (χ0v) is 17.6. The van der Waals surface area contributed by atoms with Gasteiger partial charge in [0, 0.05) is 18.1 Å². The summed E-state index contributed by atoms with van der Waals surface area (Å²) < 4.78 is 5.14. The highest BCUT2D eigenvalue weighted by atomic mass is 35.5. The molecule has 154 valence electrons. The third kappa shape index (κ3) is 8.95. The van der Waals surface area contributed by atoms with E-state index < -0.39 is 11.7 Å². The molecule has 0 fully saturated rings. The van der Waals surface area contributed by atoms with Crippen molar-refractivity contribution in [3.63, 3.8) is 0 Å². The second-order valence-corrected chi connectivity index (χ2v) is 7.41. The van der Waals surface area contributed by atoms with Gasteiger partial charge in [0.25, 0.3) is 0 Å². The molecule has 2 aromatic rings. The highest BCUT2D eigenvalue weighted by molar-refractivity contribution is 6.30. The SMILES string of the molecule is CC(=O)Nc1c(C)ccnc1NC(=O)OC(C)(C)C.N#Cc1cc(O)cc(Cl)c1. The molecule has 2 rings (SSSR count). The number of aryl methyl sites for hydroxylation is 1. The highest BCUT2D eigenvalue weighted by Gasteiger charge is 2.18. The lowest BCUT2D eigenvalue weighted by Gasteiger charge is -2.20. The van der Waals surface area contributed by atoms with E-state index in [1.165, 1.54) is 25.1 Å². The summed E-state index contributed by atoms with van der Waals surface area (Å²) in [5.74, 6) is 0.0526. The van der Waals surface area contributed by atoms with Crippen molar-refractivity contribution in [1.82, 2.24) is 4.98 Å². The monoisotopic (exact) mass is 418 g/mol. The normalized spacial score (nSPS) is 10.1. The maximum absolute atomic E-state index is 11.7. The molecular weight excluding hydrogens is 396 g/mol. The quantitative estimate of drug-likeness (QED) is 0.653. The molecule has 29 heavy (non-hydrogen) atoms. The molecule has 0 aliphatic carbocycles. The first-order valence-electron chi connectivity index (χ1n) is 8.54. The standard InChI is InChI=1S/C13H19N3O3.C7H4ClNO/c1-8-6-7-14-11(10(8)15-9(2)17)16-12(18)19-13(3,4)5;8-6-1-5(4-9)2-7(10)3-6/h6-7H,1-5H3,(H,15,17)(H,14,16,18);1-3,10H. The number of benzene rings is 1. The number of phenols is 1. The minimum absolute atomic E-state index is 0.0176. The Kier molecular flexibility index (Phi) is 8.42. The molecule has 0 unspecified atom stereocenters. The Morgan fingerprint density at radius 3 is 2.41 bits per heavy atom. The van der Waals surface area contributed by atoms with Crippen molar-refractivity contribution < 1.29 is 19.4 Å². The van der Waals surface area contributed by atoms with Crippen molar-refractivity contribution in [2.45, 2.75) is 40.2 Å².